The molecule has 0 amide bonds. The highest BCUT2D eigenvalue weighted by atomic mass is 16.5. The number of aromatic nitrogens is 2. The molecular formula is C23H29N3O7. The standard InChI is InChI=1S/C19H23N3O.C4H6O6/c1-4-5-7-14-10-13(2)16(21-14)11-18-19(23-3)12-17(22-18)15-8-6-9-20-15;5-1(3(7)8)2(6)4(9)10/h6,8-12,20-21H,4-5,7H2,1-3H3;1-2,5-6H,(H,7,8)(H,9,10)/b18-11-;. The molecule has 6 N–H and O–H groups in total. The number of ether oxygens (including phenoxy) is 1. The summed E-state index contributed by atoms with van der Waals surface area (Å²) < 4.78 is 5.49. The number of nitrogens with one attached hydrogen (secondary N) is 2. The Morgan fingerprint density at radius 1 is 1.21 bits per heavy atom. The highest BCUT2D eigenvalue weighted by Gasteiger charge is 2.29. The molecule has 0 spiro atoms. The topological polar surface area (TPSA) is 168 Å². The number of H-pyrrole nitrogens is 2. The second-order valence-electron chi connectivity index (χ2n) is 7.38. The number of carboxylic acid groups (broad SMARTS) is 2. The number of carboxylic acids is 2. The number of hydrogen-bond donors (Lipinski definition) is 6. The lowest BCUT2D eigenvalue weighted by atomic mass is 10.2. The van der Waals surface area contributed by atoms with Crippen LogP contribution in [-0.2, 0) is 20.7 Å². The number of methoxy groups -OCH3 is 1. The van der Waals surface area contributed by atoms with Crippen LogP contribution in [0.2, 0.25) is 0 Å². The van der Waals surface area contributed by atoms with Gasteiger partial charge in [0.2, 0.25) is 0 Å². The quantitative estimate of drug-likeness (QED) is 0.334. The Morgan fingerprint density at radius 2 is 1.88 bits per heavy atom. The second-order valence-corrected chi connectivity index (χ2v) is 7.38. The number of aliphatic carboxylic acids is 2. The first kappa shape index (κ1) is 25.6. The lowest BCUT2D eigenvalue weighted by Gasteiger charge is -2.07. The Labute approximate surface area is 191 Å². The van der Waals surface area contributed by atoms with Gasteiger partial charge < -0.3 is 35.1 Å². The van der Waals surface area contributed by atoms with Crippen molar-refractivity contribution in [1.29, 1.82) is 0 Å². The van der Waals surface area contributed by atoms with Gasteiger partial charge in [-0.15, -0.1) is 0 Å². The Hall–Kier alpha value is -3.63. The average molecular weight is 459 g/mol. The minimum atomic E-state index is -2.27. The van der Waals surface area contributed by atoms with E-state index in [9.17, 15) is 9.59 Å². The van der Waals surface area contributed by atoms with Crippen molar-refractivity contribution in [3.63, 3.8) is 0 Å². The van der Waals surface area contributed by atoms with Crippen LogP contribution in [0.25, 0.3) is 6.08 Å². The highest BCUT2D eigenvalue weighted by molar-refractivity contribution is 6.11. The summed E-state index contributed by atoms with van der Waals surface area (Å²) in [6.45, 7) is 4.34. The molecule has 178 valence electrons. The predicted molar refractivity (Wildman–Crippen MR) is 122 cm³/mol. The summed E-state index contributed by atoms with van der Waals surface area (Å²) >= 11 is 0. The molecular weight excluding hydrogens is 430 g/mol. The lowest BCUT2D eigenvalue weighted by molar-refractivity contribution is -0.165. The van der Waals surface area contributed by atoms with E-state index >= 15 is 0 Å². The number of aliphatic hydroxyl groups is 2. The number of aromatic amines is 2. The number of hydrogen-bond acceptors (Lipinski definition) is 6. The number of aryl methyl sites for hydroxylation is 2. The molecule has 1 aliphatic rings. The van der Waals surface area contributed by atoms with Crippen LogP contribution in [0.3, 0.4) is 0 Å². The molecule has 0 aliphatic carbocycles. The van der Waals surface area contributed by atoms with Crippen molar-refractivity contribution in [3.8, 4) is 0 Å². The van der Waals surface area contributed by atoms with Crippen molar-refractivity contribution in [1.82, 2.24) is 9.97 Å². The lowest BCUT2D eigenvalue weighted by Crippen LogP contribution is -2.39. The normalized spacial score (nSPS) is 15.8. The van der Waals surface area contributed by atoms with Gasteiger partial charge in [0, 0.05) is 23.7 Å². The first-order valence-corrected chi connectivity index (χ1v) is 10.4. The van der Waals surface area contributed by atoms with E-state index in [1.165, 1.54) is 24.1 Å². The summed E-state index contributed by atoms with van der Waals surface area (Å²) in [7, 11) is 1.68. The minimum Gasteiger partial charge on any atom is -0.494 e. The fraction of sp³-hybridized carbons (Fsp3) is 0.348. The fourth-order valence-corrected chi connectivity index (χ4v) is 3.02. The van der Waals surface area contributed by atoms with E-state index in [0.717, 1.165) is 35.0 Å². The van der Waals surface area contributed by atoms with Crippen LogP contribution in [0, 0.1) is 6.92 Å². The summed E-state index contributed by atoms with van der Waals surface area (Å²) in [4.78, 5) is 30.9. The SMILES string of the molecule is CCCCc1cc(C)c(/C=C2\N=C(c3ccc[nH]3)C=C2OC)[nH]1.O=C(O)C(O)C(O)C(=O)O. The molecule has 3 rings (SSSR count). The number of carbonyl (C=O) groups is 2. The number of allylic oxidation sites excluding steroid dienone is 1. The van der Waals surface area contributed by atoms with E-state index in [-0.39, 0.29) is 0 Å². The zero-order valence-electron chi connectivity index (χ0n) is 18.7. The van der Waals surface area contributed by atoms with E-state index in [1.807, 2.05) is 24.4 Å². The molecule has 0 radical (unpaired) electrons. The van der Waals surface area contributed by atoms with Crippen LogP contribution in [0.1, 0.15) is 42.4 Å². The third-order valence-electron chi connectivity index (χ3n) is 4.85. The Morgan fingerprint density at radius 3 is 2.39 bits per heavy atom. The van der Waals surface area contributed by atoms with Crippen molar-refractivity contribution < 1.29 is 34.8 Å². The van der Waals surface area contributed by atoms with Crippen molar-refractivity contribution >= 4 is 23.7 Å². The number of unbranched alkanes of at least 4 members (excludes halogenated alkanes) is 1. The molecule has 0 fully saturated rings. The second kappa shape index (κ2) is 11.8. The average Bonchev–Trinajstić information content (AvgIpc) is 3.52. The van der Waals surface area contributed by atoms with Gasteiger partial charge in [-0.05, 0) is 49.6 Å². The molecule has 2 atom stereocenters. The zero-order chi connectivity index (χ0) is 24.5. The minimum absolute atomic E-state index is 0.790. The summed E-state index contributed by atoms with van der Waals surface area (Å²) in [6, 6.07) is 6.20. The Kier molecular flexibility index (Phi) is 9.19. The molecule has 2 aromatic rings. The maximum atomic E-state index is 9.77. The first-order chi connectivity index (χ1) is 15.7. The Bertz CT molecular complexity index is 1030. The molecule has 33 heavy (non-hydrogen) atoms. The predicted octanol–water partition coefficient (Wildman–Crippen LogP) is 2.25. The molecule has 0 bridgehead atoms. The van der Waals surface area contributed by atoms with Crippen molar-refractivity contribution in [2.75, 3.05) is 7.11 Å². The van der Waals surface area contributed by atoms with Gasteiger partial charge in [-0.3, -0.25) is 0 Å². The van der Waals surface area contributed by atoms with E-state index in [4.69, 9.17) is 30.2 Å². The van der Waals surface area contributed by atoms with Gasteiger partial charge in [-0.2, -0.15) is 0 Å². The number of rotatable bonds is 9. The Balaban J connectivity index is 0.000000328. The molecule has 1 aliphatic heterocycles. The van der Waals surface area contributed by atoms with Crippen LogP contribution >= 0.6 is 0 Å². The van der Waals surface area contributed by atoms with Crippen molar-refractivity contribution in [2.24, 2.45) is 4.99 Å². The van der Waals surface area contributed by atoms with Crippen LogP contribution in [-0.4, -0.2) is 67.4 Å². The maximum Gasteiger partial charge on any atom is 0.335 e. The summed E-state index contributed by atoms with van der Waals surface area (Å²) in [5.74, 6) is -2.75. The fourth-order valence-electron chi connectivity index (χ4n) is 3.02. The summed E-state index contributed by atoms with van der Waals surface area (Å²) in [6.07, 6.45) is 4.89. The number of aliphatic imine (C=N–C) groups is 1. The molecule has 10 heteroatoms. The van der Waals surface area contributed by atoms with Gasteiger partial charge in [0.25, 0.3) is 0 Å². The van der Waals surface area contributed by atoms with Crippen LogP contribution < -0.4 is 0 Å². The van der Waals surface area contributed by atoms with Crippen LogP contribution in [0.15, 0.2) is 46.9 Å². The van der Waals surface area contributed by atoms with Crippen LogP contribution in [0.4, 0.5) is 0 Å². The van der Waals surface area contributed by atoms with E-state index in [1.54, 1.807) is 7.11 Å². The van der Waals surface area contributed by atoms with Gasteiger partial charge in [0.15, 0.2) is 12.2 Å². The molecule has 2 aromatic heterocycles. The third kappa shape index (κ3) is 6.93. The summed E-state index contributed by atoms with van der Waals surface area (Å²) in [5.41, 5.74) is 6.37. The van der Waals surface area contributed by atoms with Gasteiger partial charge in [0.1, 0.15) is 11.5 Å². The van der Waals surface area contributed by atoms with Gasteiger partial charge >= 0.3 is 11.9 Å². The van der Waals surface area contributed by atoms with E-state index < -0.39 is 24.1 Å². The first-order valence-electron chi connectivity index (χ1n) is 10.4. The van der Waals surface area contributed by atoms with Gasteiger partial charge in [-0.25, -0.2) is 14.6 Å². The highest BCUT2D eigenvalue weighted by Crippen LogP contribution is 2.25. The largest absolute Gasteiger partial charge is 0.494 e. The number of aliphatic hydroxyl groups excluding tert-OH is 2. The molecule has 3 heterocycles. The third-order valence-corrected chi connectivity index (χ3v) is 4.85. The smallest absolute Gasteiger partial charge is 0.335 e. The van der Waals surface area contributed by atoms with E-state index in [0.29, 0.717) is 0 Å². The summed E-state index contributed by atoms with van der Waals surface area (Å²) in [5, 5.41) is 32.5. The van der Waals surface area contributed by atoms with Gasteiger partial charge in [0.05, 0.1) is 18.5 Å². The zero-order valence-corrected chi connectivity index (χ0v) is 18.7. The number of nitrogens with zero attached hydrogens (tertiary/aromatic N) is 1. The maximum absolute atomic E-state index is 9.77. The molecule has 2 unspecified atom stereocenters. The monoisotopic (exact) mass is 459 g/mol. The molecule has 0 aromatic carbocycles. The molecule has 10 nitrogen and oxygen atoms in total. The van der Waals surface area contributed by atoms with Gasteiger partial charge in [-0.1, -0.05) is 13.3 Å². The molecule has 0 saturated carbocycles. The molecule has 0 saturated heterocycles. The van der Waals surface area contributed by atoms with Crippen molar-refractivity contribution in [2.45, 2.75) is 45.3 Å². The van der Waals surface area contributed by atoms with E-state index in [2.05, 4.69) is 36.0 Å². The van der Waals surface area contributed by atoms with Crippen LogP contribution in [0.5, 0.6) is 0 Å². The van der Waals surface area contributed by atoms with Crippen molar-refractivity contribution in [3.05, 3.63) is 64.6 Å².